The van der Waals surface area contributed by atoms with E-state index in [1.807, 2.05) is 6.07 Å². The Morgan fingerprint density at radius 3 is 1.86 bits per heavy atom. The molecule has 0 saturated heterocycles. The molecule has 2 atom stereocenters. The van der Waals surface area contributed by atoms with Gasteiger partial charge in [-0.3, -0.25) is 0 Å². The molecule has 0 N–H and O–H groups in total. The number of nitrogens with zero attached hydrogens (tertiary/aromatic N) is 2. The van der Waals surface area contributed by atoms with Crippen molar-refractivity contribution in [2.45, 2.75) is 0 Å². The molecule has 70 valence electrons. The van der Waals surface area contributed by atoms with Crippen molar-refractivity contribution in [3.05, 3.63) is 12.1 Å². The van der Waals surface area contributed by atoms with Crippen LogP contribution in [0.3, 0.4) is 0 Å². The fourth-order valence-corrected chi connectivity index (χ4v) is 1.92. The average molecular weight is 224 g/mol. The van der Waals surface area contributed by atoms with Gasteiger partial charge in [-0.15, -0.1) is 0 Å². The van der Waals surface area contributed by atoms with Gasteiger partial charge in [0.1, 0.15) is 11.0 Å². The monoisotopic (exact) mass is 224 g/mol. The van der Waals surface area contributed by atoms with Gasteiger partial charge in [0.25, 0.3) is 0 Å². The molecule has 0 aliphatic carbocycles. The zero-order valence-electron chi connectivity index (χ0n) is 7.02. The van der Waals surface area contributed by atoms with Gasteiger partial charge in [-0.05, 0) is 24.5 Å². The summed E-state index contributed by atoms with van der Waals surface area (Å²) in [7, 11) is 4.83. The summed E-state index contributed by atoms with van der Waals surface area (Å²) in [6.45, 7) is 0. The SMILES string of the molecule is Pc1nc2cc3nc(P)oc3cc2o1. The van der Waals surface area contributed by atoms with E-state index in [4.69, 9.17) is 8.83 Å². The fraction of sp³-hybridized carbons (Fsp3) is 0. The molecular formula is C8H6N2O2P2. The molecular weight excluding hydrogens is 218 g/mol. The third kappa shape index (κ3) is 1.15. The third-order valence-electron chi connectivity index (χ3n) is 1.93. The van der Waals surface area contributed by atoms with E-state index in [0.29, 0.717) is 22.4 Å². The van der Waals surface area contributed by atoms with Gasteiger partial charge < -0.3 is 8.83 Å². The van der Waals surface area contributed by atoms with Crippen molar-refractivity contribution in [1.29, 1.82) is 0 Å². The number of aromatic nitrogens is 2. The van der Waals surface area contributed by atoms with Crippen LogP contribution in [0.1, 0.15) is 0 Å². The van der Waals surface area contributed by atoms with E-state index < -0.39 is 0 Å². The van der Waals surface area contributed by atoms with E-state index in [1.54, 1.807) is 6.07 Å². The highest BCUT2D eigenvalue weighted by Crippen LogP contribution is 2.20. The van der Waals surface area contributed by atoms with Crippen molar-refractivity contribution < 1.29 is 8.83 Å². The van der Waals surface area contributed by atoms with Crippen LogP contribution in [-0.2, 0) is 0 Å². The van der Waals surface area contributed by atoms with Crippen LogP contribution in [0.5, 0.6) is 0 Å². The molecule has 0 amide bonds. The fourth-order valence-electron chi connectivity index (χ4n) is 1.39. The second kappa shape index (κ2) is 2.75. The molecule has 2 unspecified atom stereocenters. The van der Waals surface area contributed by atoms with Crippen LogP contribution in [-0.4, -0.2) is 9.97 Å². The van der Waals surface area contributed by atoms with Gasteiger partial charge in [0, 0.05) is 6.07 Å². The Bertz CT molecular complexity index is 526. The predicted molar refractivity (Wildman–Crippen MR) is 60.3 cm³/mol. The van der Waals surface area contributed by atoms with Gasteiger partial charge in [-0.2, -0.15) is 0 Å². The van der Waals surface area contributed by atoms with Crippen molar-refractivity contribution in [2.24, 2.45) is 0 Å². The van der Waals surface area contributed by atoms with Gasteiger partial charge in [0.15, 0.2) is 11.2 Å². The topological polar surface area (TPSA) is 52.1 Å². The van der Waals surface area contributed by atoms with Gasteiger partial charge in [0.05, 0.1) is 0 Å². The Kier molecular flexibility index (Phi) is 1.64. The van der Waals surface area contributed by atoms with Crippen molar-refractivity contribution in [1.82, 2.24) is 9.97 Å². The Hall–Kier alpha value is -0.980. The first-order chi connectivity index (χ1) is 6.72. The predicted octanol–water partition coefficient (Wildman–Crippen LogP) is 0.970. The summed E-state index contributed by atoms with van der Waals surface area (Å²) in [5.74, 6) is 0. The van der Waals surface area contributed by atoms with Gasteiger partial charge in [-0.1, -0.05) is 0 Å². The van der Waals surface area contributed by atoms with E-state index >= 15 is 0 Å². The maximum atomic E-state index is 5.34. The van der Waals surface area contributed by atoms with Crippen molar-refractivity contribution >= 4 is 51.9 Å². The summed E-state index contributed by atoms with van der Waals surface area (Å²) in [6, 6.07) is 3.64. The molecule has 6 heteroatoms. The summed E-state index contributed by atoms with van der Waals surface area (Å²) in [5.41, 5.74) is 4.14. The van der Waals surface area contributed by atoms with Crippen LogP contribution in [0.2, 0.25) is 0 Å². The molecule has 0 radical (unpaired) electrons. The summed E-state index contributed by atoms with van der Waals surface area (Å²) in [5, 5.41) is 0. The highest BCUT2D eigenvalue weighted by atomic mass is 31.0. The standard InChI is InChI=1S/C8H6N2O2P2/c13-7-9-3-1-4-6(2-5(3)11-7)12-8(14)10-4/h1-2H,13-14H2. The van der Waals surface area contributed by atoms with E-state index in [9.17, 15) is 0 Å². The summed E-state index contributed by atoms with van der Waals surface area (Å²) < 4.78 is 10.7. The van der Waals surface area contributed by atoms with E-state index in [1.165, 1.54) is 0 Å². The lowest BCUT2D eigenvalue weighted by atomic mass is 10.3. The highest BCUT2D eigenvalue weighted by molar-refractivity contribution is 7.26. The molecule has 0 aliphatic rings. The zero-order chi connectivity index (χ0) is 9.71. The van der Waals surface area contributed by atoms with E-state index in [-0.39, 0.29) is 0 Å². The molecule has 14 heavy (non-hydrogen) atoms. The quantitative estimate of drug-likeness (QED) is 0.534. The lowest BCUT2D eigenvalue weighted by Crippen LogP contribution is -1.86. The maximum Gasteiger partial charge on any atom is 0.211 e. The van der Waals surface area contributed by atoms with Gasteiger partial charge in [0.2, 0.25) is 11.3 Å². The maximum absolute atomic E-state index is 5.34. The molecule has 3 rings (SSSR count). The molecule has 0 bridgehead atoms. The first-order valence-corrected chi connectivity index (χ1v) is 5.10. The summed E-state index contributed by atoms with van der Waals surface area (Å²) >= 11 is 0. The number of hydrogen-bond donors (Lipinski definition) is 0. The Morgan fingerprint density at radius 2 is 1.36 bits per heavy atom. The van der Waals surface area contributed by atoms with Crippen molar-refractivity contribution in [3.8, 4) is 0 Å². The van der Waals surface area contributed by atoms with Crippen LogP contribution in [0.15, 0.2) is 21.0 Å². The Balaban J connectivity index is 2.49. The minimum absolute atomic E-state index is 0.568. The number of rotatable bonds is 0. The molecule has 2 aromatic heterocycles. The highest BCUT2D eigenvalue weighted by Gasteiger charge is 2.08. The minimum atomic E-state index is 0.568. The summed E-state index contributed by atoms with van der Waals surface area (Å²) in [4.78, 5) is 8.36. The lowest BCUT2D eigenvalue weighted by Gasteiger charge is -1.84. The number of benzene rings is 1. The molecule has 2 heterocycles. The molecule has 3 aromatic rings. The summed E-state index contributed by atoms with van der Waals surface area (Å²) in [6.07, 6.45) is 0. The molecule has 0 saturated carbocycles. The first kappa shape index (κ1) is 8.34. The minimum Gasteiger partial charge on any atom is -0.437 e. The second-order valence-corrected chi connectivity index (χ2v) is 3.88. The van der Waals surface area contributed by atoms with Crippen LogP contribution in [0, 0.1) is 0 Å². The largest absolute Gasteiger partial charge is 0.437 e. The molecule has 4 nitrogen and oxygen atoms in total. The Labute approximate surface area is 83.5 Å². The Morgan fingerprint density at radius 1 is 0.857 bits per heavy atom. The van der Waals surface area contributed by atoms with Crippen LogP contribution in [0.25, 0.3) is 22.2 Å². The number of oxazole rings is 2. The first-order valence-electron chi connectivity index (χ1n) is 3.94. The molecule has 1 aromatic carbocycles. The van der Waals surface area contributed by atoms with Crippen LogP contribution < -0.4 is 11.3 Å². The van der Waals surface area contributed by atoms with Gasteiger partial charge in [-0.25, -0.2) is 9.97 Å². The van der Waals surface area contributed by atoms with Crippen LogP contribution in [0.4, 0.5) is 0 Å². The molecule has 0 aliphatic heterocycles. The molecule has 0 spiro atoms. The van der Waals surface area contributed by atoms with E-state index in [0.717, 1.165) is 11.0 Å². The zero-order valence-corrected chi connectivity index (χ0v) is 9.33. The van der Waals surface area contributed by atoms with Crippen molar-refractivity contribution in [3.63, 3.8) is 0 Å². The van der Waals surface area contributed by atoms with Crippen molar-refractivity contribution in [2.75, 3.05) is 0 Å². The third-order valence-corrected chi connectivity index (χ3v) is 2.42. The van der Waals surface area contributed by atoms with Crippen LogP contribution >= 0.6 is 18.5 Å². The normalized spacial score (nSPS) is 11.6. The average Bonchev–Trinajstić information content (AvgIpc) is 2.59. The smallest absolute Gasteiger partial charge is 0.211 e. The van der Waals surface area contributed by atoms with Gasteiger partial charge >= 0.3 is 0 Å². The second-order valence-electron chi connectivity index (χ2n) is 2.89. The number of fused-ring (bicyclic) bond motifs is 2. The lowest BCUT2D eigenvalue weighted by molar-refractivity contribution is 0.635. The van der Waals surface area contributed by atoms with E-state index in [2.05, 4.69) is 28.4 Å². The number of hydrogen-bond acceptors (Lipinski definition) is 4. The molecule has 0 fully saturated rings.